The highest BCUT2D eigenvalue weighted by atomic mass is 16.4. The molecular formula is C10H17NO2. The van der Waals surface area contributed by atoms with Crippen molar-refractivity contribution in [2.45, 2.75) is 38.5 Å². The highest BCUT2D eigenvalue weighted by Gasteiger charge is 2.70. The van der Waals surface area contributed by atoms with Crippen LogP contribution in [-0.2, 0) is 4.79 Å². The van der Waals surface area contributed by atoms with Crippen molar-refractivity contribution in [2.24, 2.45) is 16.6 Å². The summed E-state index contributed by atoms with van der Waals surface area (Å²) in [5.74, 6) is -0.670. The van der Waals surface area contributed by atoms with Gasteiger partial charge in [0.1, 0.15) is 0 Å². The van der Waals surface area contributed by atoms with E-state index in [1.165, 1.54) is 19.3 Å². The van der Waals surface area contributed by atoms with Gasteiger partial charge in [-0.2, -0.15) is 0 Å². The van der Waals surface area contributed by atoms with Crippen LogP contribution in [-0.4, -0.2) is 17.6 Å². The van der Waals surface area contributed by atoms with Gasteiger partial charge in [-0.25, -0.2) is 0 Å². The van der Waals surface area contributed by atoms with Crippen LogP contribution >= 0.6 is 0 Å². The van der Waals surface area contributed by atoms with Crippen LogP contribution in [0.3, 0.4) is 0 Å². The average Bonchev–Trinajstić information content (AvgIpc) is 2.76. The molecule has 0 aliphatic heterocycles. The molecule has 74 valence electrons. The number of hydrogen-bond acceptors (Lipinski definition) is 2. The Morgan fingerprint density at radius 3 is 2.31 bits per heavy atom. The maximum absolute atomic E-state index is 11.1. The molecule has 1 atom stereocenters. The summed E-state index contributed by atoms with van der Waals surface area (Å²) in [6.45, 7) is 0.322. The normalized spacial score (nSPS) is 36.1. The highest BCUT2D eigenvalue weighted by molar-refractivity contribution is 5.80. The van der Waals surface area contributed by atoms with Crippen molar-refractivity contribution in [3.05, 3.63) is 0 Å². The van der Waals surface area contributed by atoms with Crippen molar-refractivity contribution in [1.29, 1.82) is 0 Å². The summed E-state index contributed by atoms with van der Waals surface area (Å²) in [5, 5.41) is 9.14. The molecule has 2 rings (SSSR count). The van der Waals surface area contributed by atoms with Gasteiger partial charge in [-0.15, -0.1) is 0 Å². The van der Waals surface area contributed by atoms with E-state index in [-0.39, 0.29) is 5.41 Å². The fourth-order valence-electron chi connectivity index (χ4n) is 3.10. The number of aliphatic carboxylic acids is 1. The van der Waals surface area contributed by atoms with Crippen molar-refractivity contribution >= 4 is 5.97 Å². The zero-order chi connectivity index (χ0) is 9.53. The molecule has 3 heteroatoms. The van der Waals surface area contributed by atoms with Gasteiger partial charge in [-0.05, 0) is 24.7 Å². The lowest BCUT2D eigenvalue weighted by Gasteiger charge is -2.25. The zero-order valence-electron chi connectivity index (χ0n) is 7.88. The molecule has 0 radical (unpaired) electrons. The summed E-state index contributed by atoms with van der Waals surface area (Å²) in [7, 11) is 0. The lowest BCUT2D eigenvalue weighted by Crippen LogP contribution is -2.32. The van der Waals surface area contributed by atoms with Crippen molar-refractivity contribution < 1.29 is 9.90 Å². The molecule has 0 heterocycles. The largest absolute Gasteiger partial charge is 0.481 e. The SMILES string of the molecule is NC[C@@]1(C(=O)O)CC12CCCCC2. The van der Waals surface area contributed by atoms with Crippen molar-refractivity contribution in [3.8, 4) is 0 Å². The Hall–Kier alpha value is -0.570. The minimum Gasteiger partial charge on any atom is -0.481 e. The molecule has 2 saturated carbocycles. The van der Waals surface area contributed by atoms with Crippen molar-refractivity contribution in [2.75, 3.05) is 6.54 Å². The first-order valence-electron chi connectivity index (χ1n) is 5.10. The molecule has 2 aliphatic rings. The van der Waals surface area contributed by atoms with Gasteiger partial charge in [0, 0.05) is 6.54 Å². The van der Waals surface area contributed by atoms with Gasteiger partial charge >= 0.3 is 5.97 Å². The maximum atomic E-state index is 11.1. The van der Waals surface area contributed by atoms with Crippen LogP contribution in [0.5, 0.6) is 0 Å². The average molecular weight is 183 g/mol. The van der Waals surface area contributed by atoms with E-state index in [1.807, 2.05) is 0 Å². The summed E-state index contributed by atoms with van der Waals surface area (Å²) in [4.78, 5) is 11.1. The molecule has 3 N–H and O–H groups in total. The standard InChI is InChI=1S/C10H17NO2/c11-7-10(8(12)13)6-9(10)4-2-1-3-5-9/h1-7,11H2,(H,12,13)/t10-/m1/s1. The topological polar surface area (TPSA) is 63.3 Å². The second-order valence-electron chi connectivity index (χ2n) is 4.61. The van der Waals surface area contributed by atoms with Gasteiger partial charge in [0.2, 0.25) is 0 Å². The summed E-state index contributed by atoms with van der Waals surface area (Å²) in [6.07, 6.45) is 6.63. The third-order valence-corrected chi connectivity index (χ3v) is 4.10. The quantitative estimate of drug-likeness (QED) is 0.679. The van der Waals surface area contributed by atoms with E-state index in [9.17, 15) is 4.79 Å². The molecule has 0 unspecified atom stereocenters. The third-order valence-electron chi connectivity index (χ3n) is 4.10. The van der Waals surface area contributed by atoms with E-state index in [0.717, 1.165) is 19.3 Å². The fraction of sp³-hybridized carbons (Fsp3) is 0.900. The van der Waals surface area contributed by atoms with Crippen LogP contribution < -0.4 is 5.73 Å². The third kappa shape index (κ3) is 1.03. The predicted octanol–water partition coefficient (Wildman–Crippen LogP) is 1.37. The Kier molecular flexibility index (Phi) is 1.88. The van der Waals surface area contributed by atoms with Crippen molar-refractivity contribution in [1.82, 2.24) is 0 Å². The van der Waals surface area contributed by atoms with Gasteiger partial charge < -0.3 is 10.8 Å². The highest BCUT2D eigenvalue weighted by Crippen LogP contribution is 2.70. The lowest BCUT2D eigenvalue weighted by atomic mass is 9.79. The Morgan fingerprint density at radius 1 is 1.31 bits per heavy atom. The van der Waals surface area contributed by atoms with E-state index >= 15 is 0 Å². The molecule has 0 aromatic carbocycles. The van der Waals surface area contributed by atoms with Crippen LogP contribution in [0.25, 0.3) is 0 Å². The molecule has 0 amide bonds. The number of carboxylic acid groups (broad SMARTS) is 1. The molecule has 2 fully saturated rings. The van der Waals surface area contributed by atoms with Gasteiger partial charge in [0.25, 0.3) is 0 Å². The van der Waals surface area contributed by atoms with E-state index < -0.39 is 11.4 Å². The molecule has 13 heavy (non-hydrogen) atoms. The van der Waals surface area contributed by atoms with Crippen LogP contribution in [0.2, 0.25) is 0 Å². The first-order chi connectivity index (χ1) is 6.17. The van der Waals surface area contributed by atoms with E-state index in [0.29, 0.717) is 6.54 Å². The molecule has 0 saturated heterocycles. The minimum atomic E-state index is -0.670. The summed E-state index contributed by atoms with van der Waals surface area (Å²) < 4.78 is 0. The van der Waals surface area contributed by atoms with Gasteiger partial charge in [-0.3, -0.25) is 4.79 Å². The second-order valence-corrected chi connectivity index (χ2v) is 4.61. The summed E-state index contributed by atoms with van der Waals surface area (Å²) in [6, 6.07) is 0. The molecule has 0 aromatic rings. The smallest absolute Gasteiger partial charge is 0.311 e. The van der Waals surface area contributed by atoms with Gasteiger partial charge in [-0.1, -0.05) is 19.3 Å². The molecule has 0 aromatic heterocycles. The molecule has 2 aliphatic carbocycles. The van der Waals surface area contributed by atoms with Crippen LogP contribution in [0.1, 0.15) is 38.5 Å². The first-order valence-corrected chi connectivity index (χ1v) is 5.10. The van der Waals surface area contributed by atoms with E-state index in [2.05, 4.69) is 0 Å². The first kappa shape index (κ1) is 9.00. The van der Waals surface area contributed by atoms with Crippen LogP contribution in [0.4, 0.5) is 0 Å². The maximum Gasteiger partial charge on any atom is 0.311 e. The predicted molar refractivity (Wildman–Crippen MR) is 49.3 cm³/mol. The fourth-order valence-corrected chi connectivity index (χ4v) is 3.10. The number of carbonyl (C=O) groups is 1. The van der Waals surface area contributed by atoms with E-state index in [4.69, 9.17) is 10.8 Å². The Morgan fingerprint density at radius 2 is 1.92 bits per heavy atom. The molecular weight excluding hydrogens is 166 g/mol. The van der Waals surface area contributed by atoms with Crippen LogP contribution in [0.15, 0.2) is 0 Å². The Bertz CT molecular complexity index is 233. The summed E-state index contributed by atoms with van der Waals surface area (Å²) in [5.41, 5.74) is 5.14. The zero-order valence-corrected chi connectivity index (χ0v) is 7.88. The number of hydrogen-bond donors (Lipinski definition) is 2. The minimum absolute atomic E-state index is 0.0891. The number of nitrogens with two attached hydrogens (primary N) is 1. The number of rotatable bonds is 2. The van der Waals surface area contributed by atoms with Gasteiger partial charge in [0.15, 0.2) is 0 Å². The van der Waals surface area contributed by atoms with Crippen molar-refractivity contribution in [3.63, 3.8) is 0 Å². The Labute approximate surface area is 78.3 Å². The lowest BCUT2D eigenvalue weighted by molar-refractivity contribution is -0.144. The number of carboxylic acids is 1. The molecule has 3 nitrogen and oxygen atoms in total. The second kappa shape index (κ2) is 2.71. The molecule has 1 spiro atoms. The molecule has 0 bridgehead atoms. The van der Waals surface area contributed by atoms with Crippen LogP contribution in [0, 0.1) is 10.8 Å². The van der Waals surface area contributed by atoms with E-state index in [1.54, 1.807) is 0 Å². The van der Waals surface area contributed by atoms with Gasteiger partial charge in [0.05, 0.1) is 5.41 Å². The summed E-state index contributed by atoms with van der Waals surface area (Å²) >= 11 is 0. The monoisotopic (exact) mass is 183 g/mol. The Balaban J connectivity index is 2.15.